The summed E-state index contributed by atoms with van der Waals surface area (Å²) in [5, 5.41) is 25.4. The van der Waals surface area contributed by atoms with Crippen molar-refractivity contribution in [1.82, 2.24) is 25.9 Å². The number of carboxylic acids is 1. The number of nitrogens with one attached hydrogen (secondary N) is 4. The number of imidazole rings is 1. The fraction of sp³-hybridized carbons (Fsp3) is 0.533. The van der Waals surface area contributed by atoms with Crippen molar-refractivity contribution in [3.8, 4) is 0 Å². The van der Waals surface area contributed by atoms with Gasteiger partial charge in [0.1, 0.15) is 18.6 Å². The van der Waals surface area contributed by atoms with Crippen LogP contribution in [0.5, 0.6) is 0 Å². The van der Waals surface area contributed by atoms with Crippen LogP contribution in [0.1, 0.15) is 12.6 Å². The van der Waals surface area contributed by atoms with Crippen LogP contribution in [0.2, 0.25) is 0 Å². The first-order valence-corrected chi connectivity index (χ1v) is 8.91. The van der Waals surface area contributed by atoms with Crippen LogP contribution in [-0.2, 0) is 25.6 Å². The first-order valence-electron chi connectivity index (χ1n) is 8.27. The average Bonchev–Trinajstić information content (AvgIpc) is 3.15. The van der Waals surface area contributed by atoms with Gasteiger partial charge in [-0.3, -0.25) is 19.2 Å². The molecule has 0 saturated carbocycles. The van der Waals surface area contributed by atoms with Crippen LogP contribution in [0.4, 0.5) is 0 Å². The Labute approximate surface area is 166 Å². The van der Waals surface area contributed by atoms with Gasteiger partial charge in [-0.15, -0.1) is 0 Å². The van der Waals surface area contributed by atoms with E-state index in [1.807, 2.05) is 0 Å². The maximum absolute atomic E-state index is 12.5. The van der Waals surface area contributed by atoms with Crippen LogP contribution in [0.25, 0.3) is 0 Å². The molecule has 0 aliphatic heterocycles. The van der Waals surface area contributed by atoms with E-state index in [0.717, 1.165) is 0 Å². The van der Waals surface area contributed by atoms with Gasteiger partial charge in [0, 0.05) is 24.1 Å². The van der Waals surface area contributed by atoms with Gasteiger partial charge < -0.3 is 36.9 Å². The van der Waals surface area contributed by atoms with E-state index in [0.29, 0.717) is 5.69 Å². The minimum atomic E-state index is -1.38. The van der Waals surface area contributed by atoms with Crippen molar-refractivity contribution in [2.45, 2.75) is 37.6 Å². The maximum Gasteiger partial charge on any atom is 0.322 e. The predicted octanol–water partition coefficient (Wildman–Crippen LogP) is -3.24. The normalized spacial score (nSPS) is 15.0. The van der Waals surface area contributed by atoms with Crippen LogP contribution in [-0.4, -0.2) is 80.4 Å². The van der Waals surface area contributed by atoms with E-state index in [1.54, 1.807) is 0 Å². The highest BCUT2D eigenvalue weighted by Crippen LogP contribution is 2.02. The lowest BCUT2D eigenvalue weighted by Crippen LogP contribution is -2.59. The van der Waals surface area contributed by atoms with Gasteiger partial charge in [0.2, 0.25) is 17.7 Å². The minimum Gasteiger partial charge on any atom is -0.480 e. The number of rotatable bonds is 11. The first kappa shape index (κ1) is 23.4. The van der Waals surface area contributed by atoms with E-state index >= 15 is 0 Å². The van der Waals surface area contributed by atoms with Crippen molar-refractivity contribution in [2.75, 3.05) is 12.3 Å². The summed E-state index contributed by atoms with van der Waals surface area (Å²) in [4.78, 5) is 54.0. The van der Waals surface area contributed by atoms with Crippen molar-refractivity contribution < 1.29 is 29.4 Å². The monoisotopic (exact) mass is 416 g/mol. The van der Waals surface area contributed by atoms with Crippen LogP contribution in [0, 0.1) is 0 Å². The highest BCUT2D eigenvalue weighted by atomic mass is 32.1. The zero-order chi connectivity index (χ0) is 21.3. The van der Waals surface area contributed by atoms with Gasteiger partial charge >= 0.3 is 5.97 Å². The molecule has 8 N–H and O–H groups in total. The number of carbonyl (C=O) groups is 4. The Kier molecular flexibility index (Phi) is 9.41. The van der Waals surface area contributed by atoms with Gasteiger partial charge in [-0.05, 0) is 6.92 Å². The Bertz CT molecular complexity index is 683. The fourth-order valence-corrected chi connectivity index (χ4v) is 2.29. The highest BCUT2D eigenvalue weighted by molar-refractivity contribution is 7.80. The summed E-state index contributed by atoms with van der Waals surface area (Å²) in [6, 6.07) is -3.55. The summed E-state index contributed by atoms with van der Waals surface area (Å²) in [6.45, 7) is 0.646. The van der Waals surface area contributed by atoms with Gasteiger partial charge in [0.15, 0.2) is 0 Å². The predicted molar refractivity (Wildman–Crippen MR) is 100 cm³/mol. The van der Waals surface area contributed by atoms with Gasteiger partial charge in [0.05, 0.1) is 18.5 Å². The molecule has 0 aromatic carbocycles. The molecule has 0 saturated heterocycles. The number of H-pyrrole nitrogens is 1. The number of hydrogen-bond donors (Lipinski definition) is 8. The molecule has 3 amide bonds. The Morgan fingerprint density at radius 2 is 1.93 bits per heavy atom. The number of carbonyl (C=O) groups excluding carboxylic acids is 3. The van der Waals surface area contributed by atoms with E-state index in [9.17, 15) is 24.3 Å². The molecule has 0 aliphatic carbocycles. The number of nitrogens with zero attached hydrogens (tertiary/aromatic N) is 1. The number of aromatic amines is 1. The second kappa shape index (κ2) is 11.3. The van der Waals surface area contributed by atoms with Gasteiger partial charge in [-0.1, -0.05) is 0 Å². The number of nitrogens with two attached hydrogens (primary N) is 1. The molecule has 0 radical (unpaired) electrons. The third-order valence-electron chi connectivity index (χ3n) is 3.62. The summed E-state index contributed by atoms with van der Waals surface area (Å²) >= 11 is 3.89. The summed E-state index contributed by atoms with van der Waals surface area (Å²) in [5.74, 6) is -3.52. The molecule has 0 fully saturated rings. The van der Waals surface area contributed by atoms with Crippen molar-refractivity contribution in [1.29, 1.82) is 0 Å². The zero-order valence-electron chi connectivity index (χ0n) is 15.1. The third kappa shape index (κ3) is 7.54. The minimum absolute atomic E-state index is 0.0200. The van der Waals surface area contributed by atoms with Crippen molar-refractivity contribution >= 4 is 36.3 Å². The largest absolute Gasteiger partial charge is 0.480 e. The molecule has 1 rings (SSSR count). The number of thiol groups is 1. The lowest BCUT2D eigenvalue weighted by atomic mass is 10.1. The molecular formula is C15H24N6O6S. The molecule has 28 heavy (non-hydrogen) atoms. The quantitative estimate of drug-likeness (QED) is 0.172. The Hall–Kier alpha value is -2.64. The van der Waals surface area contributed by atoms with Crippen LogP contribution in [0.15, 0.2) is 12.5 Å². The maximum atomic E-state index is 12.5. The van der Waals surface area contributed by atoms with E-state index in [2.05, 4.69) is 38.5 Å². The van der Waals surface area contributed by atoms with Gasteiger partial charge in [0.25, 0.3) is 0 Å². The van der Waals surface area contributed by atoms with Crippen molar-refractivity contribution in [3.05, 3.63) is 18.2 Å². The van der Waals surface area contributed by atoms with E-state index < -0.39 is 54.5 Å². The smallest absolute Gasteiger partial charge is 0.322 e. The Morgan fingerprint density at radius 1 is 1.25 bits per heavy atom. The van der Waals surface area contributed by atoms with Gasteiger partial charge in [-0.2, -0.15) is 12.6 Å². The number of aliphatic hydroxyl groups is 1. The van der Waals surface area contributed by atoms with Crippen LogP contribution >= 0.6 is 12.6 Å². The number of aromatic nitrogens is 2. The topological polar surface area (TPSA) is 200 Å². The van der Waals surface area contributed by atoms with Crippen LogP contribution in [0.3, 0.4) is 0 Å². The molecule has 0 bridgehead atoms. The molecule has 1 aromatic heterocycles. The third-order valence-corrected chi connectivity index (χ3v) is 4.02. The van der Waals surface area contributed by atoms with E-state index in [-0.39, 0.29) is 12.2 Å². The number of aliphatic hydroxyl groups excluding tert-OH is 1. The zero-order valence-corrected chi connectivity index (χ0v) is 16.0. The second-order valence-corrected chi connectivity index (χ2v) is 6.33. The molecule has 13 heteroatoms. The summed E-state index contributed by atoms with van der Waals surface area (Å²) in [7, 11) is 0. The lowest BCUT2D eigenvalue weighted by Gasteiger charge is -2.25. The molecule has 0 aliphatic rings. The molecule has 12 nitrogen and oxygen atoms in total. The first-order chi connectivity index (χ1) is 13.1. The molecule has 0 spiro atoms. The average molecular weight is 416 g/mol. The number of amides is 3. The van der Waals surface area contributed by atoms with Gasteiger partial charge in [-0.25, -0.2) is 4.98 Å². The number of carboxylic acid groups (broad SMARTS) is 1. The molecular weight excluding hydrogens is 392 g/mol. The highest BCUT2D eigenvalue weighted by Gasteiger charge is 2.31. The summed E-state index contributed by atoms with van der Waals surface area (Å²) < 4.78 is 0. The summed E-state index contributed by atoms with van der Waals surface area (Å²) in [5.41, 5.74) is 6.05. The Morgan fingerprint density at radius 3 is 2.43 bits per heavy atom. The standard InChI is InChI=1S/C15H24N6O6S/c1-7(22)12(21-13(25)9(16)5-28)15(27)20-10(2-8-3-17-6-19-8)14(26)18-4-11(23)24/h3,6-7,9-10,12,22,28H,2,4-5,16H2,1H3,(H,17,19)(H,18,26)(H,20,27)(H,21,25)(H,23,24). The number of hydrogen-bond acceptors (Lipinski definition) is 8. The lowest BCUT2D eigenvalue weighted by molar-refractivity contribution is -0.138. The van der Waals surface area contributed by atoms with E-state index in [4.69, 9.17) is 10.8 Å². The SMILES string of the molecule is CC(O)C(NC(=O)C(N)CS)C(=O)NC(Cc1cnc[nH]1)C(=O)NCC(=O)O. The summed E-state index contributed by atoms with van der Waals surface area (Å²) in [6.07, 6.45) is 1.50. The number of aliphatic carboxylic acids is 1. The van der Waals surface area contributed by atoms with E-state index in [1.165, 1.54) is 19.4 Å². The Balaban J connectivity index is 2.89. The van der Waals surface area contributed by atoms with Crippen molar-refractivity contribution in [2.24, 2.45) is 5.73 Å². The fourth-order valence-electron chi connectivity index (χ4n) is 2.12. The molecule has 4 unspecified atom stereocenters. The molecule has 1 heterocycles. The molecule has 1 aromatic rings. The second-order valence-electron chi connectivity index (χ2n) is 5.97. The molecule has 156 valence electrons. The van der Waals surface area contributed by atoms with Crippen molar-refractivity contribution in [3.63, 3.8) is 0 Å². The van der Waals surface area contributed by atoms with Crippen LogP contribution < -0.4 is 21.7 Å². The molecule has 4 atom stereocenters.